The van der Waals surface area contributed by atoms with Crippen LogP contribution in [0, 0.1) is 11.8 Å². The van der Waals surface area contributed by atoms with E-state index >= 15 is 0 Å². The maximum atomic E-state index is 12.6. The molecule has 0 saturated carbocycles. The molecule has 0 aliphatic rings. The Labute approximate surface area is 173 Å². The summed E-state index contributed by atoms with van der Waals surface area (Å²) in [4.78, 5) is 11.8. The molecule has 0 unspecified atom stereocenters. The lowest BCUT2D eigenvalue weighted by atomic mass is 10.2. The first-order valence-electron chi connectivity index (χ1n) is 9.42. The van der Waals surface area contributed by atoms with Gasteiger partial charge in [-0.25, -0.2) is 4.79 Å². The summed E-state index contributed by atoms with van der Waals surface area (Å²) in [6, 6.07) is 11.1. The number of ether oxygens (including phenoxy) is 2. The van der Waals surface area contributed by atoms with Crippen molar-refractivity contribution in [1.29, 1.82) is 0 Å². The van der Waals surface area contributed by atoms with Crippen LogP contribution in [0.2, 0.25) is 0 Å². The molecule has 0 aromatic heterocycles. The van der Waals surface area contributed by atoms with E-state index in [2.05, 4.69) is 29.4 Å². The second kappa shape index (κ2) is 11.6. The second-order valence-electron chi connectivity index (χ2n) is 6.20. The average Bonchev–Trinajstić information content (AvgIpc) is 2.72. The topological polar surface area (TPSA) is 59.6 Å². The number of urea groups is 1. The maximum Gasteiger partial charge on any atom is 0.416 e. The number of rotatable bonds is 8. The zero-order valence-corrected chi connectivity index (χ0v) is 16.5. The molecule has 2 rings (SSSR count). The van der Waals surface area contributed by atoms with Gasteiger partial charge in [-0.1, -0.05) is 31.3 Å². The molecule has 0 spiro atoms. The van der Waals surface area contributed by atoms with Crippen LogP contribution >= 0.6 is 0 Å². The first-order chi connectivity index (χ1) is 14.4. The molecular weight excluding hydrogens is 397 g/mol. The minimum absolute atomic E-state index is 0.0655. The zero-order chi connectivity index (χ0) is 21.8. The number of amides is 2. The molecule has 0 aliphatic heterocycles. The van der Waals surface area contributed by atoms with E-state index < -0.39 is 17.8 Å². The van der Waals surface area contributed by atoms with E-state index in [4.69, 9.17) is 9.47 Å². The van der Waals surface area contributed by atoms with Gasteiger partial charge >= 0.3 is 12.2 Å². The molecule has 30 heavy (non-hydrogen) atoms. The smallest absolute Gasteiger partial charge is 0.416 e. The highest BCUT2D eigenvalue weighted by atomic mass is 19.4. The Kier molecular flexibility index (Phi) is 8.88. The Bertz CT molecular complexity index is 872. The first-order valence-corrected chi connectivity index (χ1v) is 9.42. The van der Waals surface area contributed by atoms with Crippen LogP contribution in [0.1, 0.15) is 25.3 Å². The summed E-state index contributed by atoms with van der Waals surface area (Å²) in [5.74, 6) is 6.11. The SMILES string of the molecule is CCCCOc1ccc(NC(=O)NCC#CCOc2cccc(C(F)(F)F)c2)cc1. The van der Waals surface area contributed by atoms with Crippen LogP contribution in [-0.2, 0) is 6.18 Å². The van der Waals surface area contributed by atoms with Crippen LogP contribution in [0.25, 0.3) is 0 Å². The Morgan fingerprint density at radius 1 is 1.03 bits per heavy atom. The lowest BCUT2D eigenvalue weighted by molar-refractivity contribution is -0.137. The molecule has 8 heteroatoms. The minimum Gasteiger partial charge on any atom is -0.494 e. The molecule has 5 nitrogen and oxygen atoms in total. The van der Waals surface area contributed by atoms with Crippen LogP contribution < -0.4 is 20.1 Å². The third-order valence-electron chi connectivity index (χ3n) is 3.81. The molecule has 160 valence electrons. The third kappa shape index (κ3) is 8.35. The number of unbranched alkanes of at least 4 members (excludes halogenated alkanes) is 1. The maximum absolute atomic E-state index is 12.6. The van der Waals surface area contributed by atoms with E-state index in [1.54, 1.807) is 24.3 Å². The van der Waals surface area contributed by atoms with E-state index in [-0.39, 0.29) is 18.9 Å². The predicted molar refractivity (Wildman–Crippen MR) is 109 cm³/mol. The van der Waals surface area contributed by atoms with Crippen LogP contribution in [0.15, 0.2) is 48.5 Å². The summed E-state index contributed by atoms with van der Waals surface area (Å²) in [5.41, 5.74) is -0.178. The summed E-state index contributed by atoms with van der Waals surface area (Å²) in [6.45, 7) is 2.71. The molecule has 0 saturated heterocycles. The zero-order valence-electron chi connectivity index (χ0n) is 16.5. The monoisotopic (exact) mass is 420 g/mol. The third-order valence-corrected chi connectivity index (χ3v) is 3.81. The summed E-state index contributed by atoms with van der Waals surface area (Å²) < 4.78 is 48.6. The van der Waals surface area contributed by atoms with Crippen LogP contribution in [0.4, 0.5) is 23.7 Å². The predicted octanol–water partition coefficient (Wildman–Crippen LogP) is 5.09. The van der Waals surface area contributed by atoms with Gasteiger partial charge in [-0.3, -0.25) is 0 Å². The molecule has 2 amide bonds. The summed E-state index contributed by atoms with van der Waals surface area (Å²) in [5, 5.41) is 5.22. The van der Waals surface area contributed by atoms with E-state index in [9.17, 15) is 18.0 Å². The fourth-order valence-electron chi connectivity index (χ4n) is 2.26. The number of nitrogens with one attached hydrogen (secondary N) is 2. The Morgan fingerprint density at radius 3 is 2.50 bits per heavy atom. The number of alkyl halides is 3. The van der Waals surface area contributed by atoms with Crippen molar-refractivity contribution in [2.24, 2.45) is 0 Å². The molecule has 0 aliphatic carbocycles. The van der Waals surface area contributed by atoms with Gasteiger partial charge in [-0.15, -0.1) is 0 Å². The second-order valence-corrected chi connectivity index (χ2v) is 6.20. The number of halogens is 3. The summed E-state index contributed by atoms with van der Waals surface area (Å²) >= 11 is 0. The van der Waals surface area contributed by atoms with Gasteiger partial charge in [-0.2, -0.15) is 13.2 Å². The summed E-state index contributed by atoms with van der Waals surface area (Å²) in [6.07, 6.45) is -2.39. The highest BCUT2D eigenvalue weighted by Crippen LogP contribution is 2.31. The quantitative estimate of drug-likeness (QED) is 0.462. The van der Waals surface area contributed by atoms with Crippen molar-refractivity contribution < 1.29 is 27.4 Å². The first kappa shape index (κ1) is 22.9. The Morgan fingerprint density at radius 2 is 1.80 bits per heavy atom. The van der Waals surface area contributed by atoms with Crippen LogP contribution in [-0.4, -0.2) is 25.8 Å². The standard InChI is InChI=1S/C22H23F3N2O3/c1-2-3-14-29-19-11-9-18(10-12-19)27-21(28)26-13-4-5-15-30-20-8-6-7-17(16-20)22(23,24)25/h6-12,16H,2-3,13-15H2,1H3,(H2,26,27,28). The van der Waals surface area contributed by atoms with Crippen molar-refractivity contribution in [1.82, 2.24) is 5.32 Å². The molecule has 2 aromatic rings. The largest absolute Gasteiger partial charge is 0.494 e. The van der Waals surface area contributed by atoms with Crippen molar-refractivity contribution >= 4 is 11.7 Å². The molecule has 0 heterocycles. The van der Waals surface area contributed by atoms with Crippen molar-refractivity contribution in [2.45, 2.75) is 25.9 Å². The van der Waals surface area contributed by atoms with Gasteiger partial charge < -0.3 is 20.1 Å². The Balaban J connectivity index is 1.68. The average molecular weight is 420 g/mol. The van der Waals surface area contributed by atoms with Gasteiger partial charge in [0, 0.05) is 5.69 Å². The number of carbonyl (C=O) groups is 1. The molecule has 0 atom stereocenters. The number of benzene rings is 2. The van der Waals surface area contributed by atoms with E-state index in [0.29, 0.717) is 12.3 Å². The van der Waals surface area contributed by atoms with E-state index in [1.807, 2.05) is 0 Å². The van der Waals surface area contributed by atoms with E-state index in [1.165, 1.54) is 12.1 Å². The lowest BCUT2D eigenvalue weighted by Gasteiger charge is -2.08. The van der Waals surface area contributed by atoms with Crippen molar-refractivity contribution in [2.75, 3.05) is 25.1 Å². The van der Waals surface area contributed by atoms with Gasteiger partial charge in [0.05, 0.1) is 18.7 Å². The molecule has 0 fully saturated rings. The fraction of sp³-hybridized carbons (Fsp3) is 0.318. The molecule has 0 bridgehead atoms. The van der Waals surface area contributed by atoms with Crippen molar-refractivity contribution in [3.8, 4) is 23.3 Å². The fourth-order valence-corrected chi connectivity index (χ4v) is 2.26. The highest BCUT2D eigenvalue weighted by Gasteiger charge is 2.30. The van der Waals surface area contributed by atoms with Gasteiger partial charge in [-0.05, 0) is 48.9 Å². The van der Waals surface area contributed by atoms with Gasteiger partial charge in [0.2, 0.25) is 0 Å². The number of anilines is 1. The normalized spacial score (nSPS) is 10.5. The van der Waals surface area contributed by atoms with Crippen LogP contribution in [0.5, 0.6) is 11.5 Å². The van der Waals surface area contributed by atoms with Crippen molar-refractivity contribution in [3.63, 3.8) is 0 Å². The minimum atomic E-state index is -4.43. The van der Waals surface area contributed by atoms with Crippen molar-refractivity contribution in [3.05, 3.63) is 54.1 Å². The molecule has 2 aromatic carbocycles. The number of hydrogen-bond acceptors (Lipinski definition) is 3. The van der Waals surface area contributed by atoms with Gasteiger partial charge in [0.25, 0.3) is 0 Å². The van der Waals surface area contributed by atoms with E-state index in [0.717, 1.165) is 30.7 Å². The van der Waals surface area contributed by atoms with Crippen LogP contribution in [0.3, 0.4) is 0 Å². The molecular formula is C22H23F3N2O3. The Hall–Kier alpha value is -3.34. The lowest BCUT2D eigenvalue weighted by Crippen LogP contribution is -2.28. The highest BCUT2D eigenvalue weighted by molar-refractivity contribution is 5.89. The van der Waals surface area contributed by atoms with Gasteiger partial charge in [0.1, 0.15) is 18.1 Å². The molecule has 2 N–H and O–H groups in total. The number of hydrogen-bond donors (Lipinski definition) is 2. The molecule has 0 radical (unpaired) electrons. The number of carbonyl (C=O) groups excluding carboxylic acids is 1. The summed E-state index contributed by atoms with van der Waals surface area (Å²) in [7, 11) is 0. The van der Waals surface area contributed by atoms with Gasteiger partial charge in [0.15, 0.2) is 0 Å².